The molecule has 0 bridgehead atoms. The Bertz CT molecular complexity index is 549. The van der Waals surface area contributed by atoms with Crippen LogP contribution in [0.4, 0.5) is 0 Å². The van der Waals surface area contributed by atoms with Crippen molar-refractivity contribution in [3.05, 3.63) is 69.7 Å². The fourth-order valence-electron chi connectivity index (χ4n) is 1.65. The highest BCUT2D eigenvalue weighted by atomic mass is 79.9. The number of hydrogen-bond acceptors (Lipinski definition) is 2. The average molecular weight is 320 g/mol. The van der Waals surface area contributed by atoms with Crippen LogP contribution in [-0.4, -0.2) is 11.0 Å². The van der Waals surface area contributed by atoms with E-state index < -0.39 is 0 Å². The zero-order valence-corrected chi connectivity index (χ0v) is 11.9. The van der Waals surface area contributed by atoms with Crippen LogP contribution in [0.1, 0.15) is 21.5 Å². The molecule has 0 radical (unpaired) electrons. The fourth-order valence-corrected chi connectivity index (χ4v) is 1.91. The Hall–Kier alpha value is -1.65. The summed E-state index contributed by atoms with van der Waals surface area (Å²) in [7, 11) is 0. The summed E-state index contributed by atoms with van der Waals surface area (Å²) < 4.78 is 0.948. The third-order valence-corrected chi connectivity index (χ3v) is 3.29. The maximum absolute atomic E-state index is 11.9. The molecule has 4 heteroatoms. The quantitative estimate of drug-likeness (QED) is 0.910. The van der Waals surface area contributed by atoms with Crippen molar-refractivity contribution in [2.45, 2.75) is 13.2 Å². The Kier molecular flexibility index (Phi) is 4.71. The molecule has 0 aliphatic rings. The lowest BCUT2D eigenvalue weighted by atomic mass is 10.1. The van der Waals surface area contributed by atoms with Crippen molar-refractivity contribution in [2.24, 2.45) is 0 Å². The molecule has 0 aromatic heterocycles. The van der Waals surface area contributed by atoms with Gasteiger partial charge in [0.1, 0.15) is 0 Å². The molecule has 0 aliphatic carbocycles. The minimum absolute atomic E-state index is 0.0333. The van der Waals surface area contributed by atoms with Gasteiger partial charge in [-0.3, -0.25) is 4.79 Å². The van der Waals surface area contributed by atoms with Crippen LogP contribution in [0.15, 0.2) is 53.0 Å². The molecule has 0 fully saturated rings. The lowest BCUT2D eigenvalue weighted by Crippen LogP contribution is -2.22. The zero-order valence-electron chi connectivity index (χ0n) is 10.3. The van der Waals surface area contributed by atoms with Crippen LogP contribution in [0.2, 0.25) is 0 Å². The molecule has 0 saturated heterocycles. The minimum Gasteiger partial charge on any atom is -0.392 e. The first-order valence-corrected chi connectivity index (χ1v) is 6.71. The second-order valence-corrected chi connectivity index (χ2v) is 5.08. The highest BCUT2D eigenvalue weighted by Gasteiger charge is 2.04. The molecule has 2 N–H and O–H groups in total. The number of rotatable bonds is 4. The van der Waals surface area contributed by atoms with Gasteiger partial charge in [-0.1, -0.05) is 40.2 Å². The maximum atomic E-state index is 11.9. The van der Waals surface area contributed by atoms with E-state index in [2.05, 4.69) is 21.2 Å². The molecular weight excluding hydrogens is 306 g/mol. The third kappa shape index (κ3) is 3.91. The number of hydrogen-bond donors (Lipinski definition) is 2. The number of carbonyl (C=O) groups is 1. The molecule has 2 aromatic rings. The molecule has 0 heterocycles. The van der Waals surface area contributed by atoms with E-state index in [1.165, 1.54) is 0 Å². The first-order valence-electron chi connectivity index (χ1n) is 5.91. The second-order valence-electron chi connectivity index (χ2n) is 4.16. The largest absolute Gasteiger partial charge is 0.392 e. The van der Waals surface area contributed by atoms with E-state index in [9.17, 15) is 4.79 Å². The molecule has 3 nitrogen and oxygen atoms in total. The SMILES string of the molecule is O=C(NCc1ccc(CO)cc1)c1ccc(Br)cc1. The van der Waals surface area contributed by atoms with Gasteiger partial charge in [0.05, 0.1) is 6.61 Å². The molecule has 0 spiro atoms. The van der Waals surface area contributed by atoms with Gasteiger partial charge in [-0.2, -0.15) is 0 Å². The van der Waals surface area contributed by atoms with Crippen molar-refractivity contribution in [1.29, 1.82) is 0 Å². The molecule has 0 unspecified atom stereocenters. The topological polar surface area (TPSA) is 49.3 Å². The van der Waals surface area contributed by atoms with Gasteiger partial charge >= 0.3 is 0 Å². The molecular formula is C15H14BrNO2. The van der Waals surface area contributed by atoms with Gasteiger partial charge in [-0.25, -0.2) is 0 Å². The Morgan fingerprint density at radius 2 is 1.58 bits per heavy atom. The van der Waals surface area contributed by atoms with E-state index in [1.54, 1.807) is 12.1 Å². The van der Waals surface area contributed by atoms with Gasteiger partial charge in [0.2, 0.25) is 0 Å². The number of aliphatic hydroxyl groups excluding tert-OH is 1. The number of halogens is 1. The van der Waals surface area contributed by atoms with Gasteiger partial charge in [-0.15, -0.1) is 0 Å². The van der Waals surface area contributed by atoms with Crippen LogP contribution in [0.25, 0.3) is 0 Å². The summed E-state index contributed by atoms with van der Waals surface area (Å²) >= 11 is 3.33. The molecule has 2 aromatic carbocycles. The van der Waals surface area contributed by atoms with E-state index in [4.69, 9.17) is 5.11 Å². The highest BCUT2D eigenvalue weighted by molar-refractivity contribution is 9.10. The van der Waals surface area contributed by atoms with E-state index in [-0.39, 0.29) is 12.5 Å². The summed E-state index contributed by atoms with van der Waals surface area (Å²) in [5.74, 6) is -0.0984. The van der Waals surface area contributed by atoms with Crippen molar-refractivity contribution in [3.63, 3.8) is 0 Å². The minimum atomic E-state index is -0.0984. The van der Waals surface area contributed by atoms with Crippen molar-refractivity contribution >= 4 is 21.8 Å². The maximum Gasteiger partial charge on any atom is 0.251 e. The molecule has 0 atom stereocenters. The predicted octanol–water partition coefficient (Wildman–Crippen LogP) is 2.87. The van der Waals surface area contributed by atoms with Crippen molar-refractivity contribution in [3.8, 4) is 0 Å². The monoisotopic (exact) mass is 319 g/mol. The Morgan fingerprint density at radius 3 is 2.16 bits per heavy atom. The van der Waals surface area contributed by atoms with Crippen LogP contribution in [0.3, 0.4) is 0 Å². The normalized spacial score (nSPS) is 10.2. The number of aliphatic hydroxyl groups is 1. The van der Waals surface area contributed by atoms with Crippen LogP contribution >= 0.6 is 15.9 Å². The number of nitrogens with one attached hydrogen (secondary N) is 1. The number of amides is 1. The van der Waals surface area contributed by atoms with Crippen LogP contribution in [0.5, 0.6) is 0 Å². The first-order chi connectivity index (χ1) is 9.19. The van der Waals surface area contributed by atoms with Gasteiger partial charge in [0.25, 0.3) is 5.91 Å². The van der Waals surface area contributed by atoms with Crippen LogP contribution in [-0.2, 0) is 13.2 Å². The van der Waals surface area contributed by atoms with Crippen molar-refractivity contribution < 1.29 is 9.90 Å². The van der Waals surface area contributed by atoms with E-state index in [1.807, 2.05) is 36.4 Å². The summed E-state index contributed by atoms with van der Waals surface area (Å²) in [6.45, 7) is 0.506. The van der Waals surface area contributed by atoms with Crippen molar-refractivity contribution in [1.82, 2.24) is 5.32 Å². The molecule has 1 amide bonds. The Labute approximate surface area is 120 Å². The third-order valence-electron chi connectivity index (χ3n) is 2.77. The van der Waals surface area contributed by atoms with Gasteiger partial charge in [0, 0.05) is 16.6 Å². The summed E-state index contributed by atoms with van der Waals surface area (Å²) in [5, 5.41) is 11.8. The molecule has 2 rings (SSSR count). The second kappa shape index (κ2) is 6.50. The standard InChI is InChI=1S/C15H14BrNO2/c16-14-7-5-13(6-8-14)15(19)17-9-11-1-3-12(10-18)4-2-11/h1-8,18H,9-10H2,(H,17,19). The predicted molar refractivity (Wildman–Crippen MR) is 77.7 cm³/mol. The molecule has 98 valence electrons. The van der Waals surface area contributed by atoms with Crippen molar-refractivity contribution in [2.75, 3.05) is 0 Å². The molecule has 0 saturated carbocycles. The van der Waals surface area contributed by atoms with Gasteiger partial charge in [-0.05, 0) is 35.4 Å². The smallest absolute Gasteiger partial charge is 0.251 e. The van der Waals surface area contributed by atoms with Gasteiger partial charge < -0.3 is 10.4 Å². The van der Waals surface area contributed by atoms with Crippen LogP contribution < -0.4 is 5.32 Å². The Morgan fingerprint density at radius 1 is 1.00 bits per heavy atom. The first kappa shape index (κ1) is 13.8. The summed E-state index contributed by atoms with van der Waals surface area (Å²) in [5.41, 5.74) is 2.50. The van der Waals surface area contributed by atoms with E-state index >= 15 is 0 Å². The average Bonchev–Trinajstić information content (AvgIpc) is 2.46. The van der Waals surface area contributed by atoms with Crippen LogP contribution in [0, 0.1) is 0 Å². The fraction of sp³-hybridized carbons (Fsp3) is 0.133. The highest BCUT2D eigenvalue weighted by Crippen LogP contribution is 2.10. The summed E-state index contributed by atoms with van der Waals surface area (Å²) in [6.07, 6.45) is 0. The number of carbonyl (C=O) groups excluding carboxylic acids is 1. The summed E-state index contributed by atoms with van der Waals surface area (Å²) in [4.78, 5) is 11.9. The number of benzene rings is 2. The molecule has 0 aliphatic heterocycles. The summed E-state index contributed by atoms with van der Waals surface area (Å²) in [6, 6.07) is 14.7. The molecule has 19 heavy (non-hydrogen) atoms. The van der Waals surface area contributed by atoms with E-state index in [0.717, 1.165) is 15.6 Å². The Balaban J connectivity index is 1.94. The van der Waals surface area contributed by atoms with Gasteiger partial charge in [0.15, 0.2) is 0 Å². The van der Waals surface area contributed by atoms with E-state index in [0.29, 0.717) is 12.1 Å². The lowest BCUT2D eigenvalue weighted by Gasteiger charge is -2.06. The lowest BCUT2D eigenvalue weighted by molar-refractivity contribution is 0.0951. The zero-order chi connectivity index (χ0) is 13.7.